The van der Waals surface area contributed by atoms with Crippen LogP contribution in [0.3, 0.4) is 0 Å². The van der Waals surface area contributed by atoms with Crippen LogP contribution in [0, 0.1) is 0 Å². The Kier molecular flexibility index (Phi) is 5.98. The maximum absolute atomic E-state index is 6.86. The number of rotatable bonds is 9. The van der Waals surface area contributed by atoms with Gasteiger partial charge in [0, 0.05) is 37.3 Å². The number of nitrogens with zero attached hydrogens (tertiary/aromatic N) is 5. The SMILES string of the molecule is CC1(Oc2ncnc3c2nc(-c2ccc(OCCN4C[C@H]5C[C@@H]4CN5)cc2Cl)n3Cc2ccccc2)CC1. The highest BCUT2D eigenvalue weighted by molar-refractivity contribution is 6.33. The molecule has 0 amide bonds. The van der Waals surface area contributed by atoms with Crippen molar-refractivity contribution in [2.24, 2.45) is 0 Å². The van der Waals surface area contributed by atoms with Crippen LogP contribution in [0.1, 0.15) is 31.7 Å². The molecule has 2 saturated heterocycles. The van der Waals surface area contributed by atoms with E-state index in [-0.39, 0.29) is 5.60 Å². The van der Waals surface area contributed by atoms with Gasteiger partial charge in [-0.2, -0.15) is 4.98 Å². The average Bonchev–Trinajstić information content (AvgIpc) is 3.25. The fraction of sp³-hybridized carbons (Fsp3) is 0.414. The van der Waals surface area contributed by atoms with Gasteiger partial charge in [-0.1, -0.05) is 41.9 Å². The number of piperazine rings is 1. The van der Waals surface area contributed by atoms with Crippen LogP contribution < -0.4 is 14.8 Å². The van der Waals surface area contributed by atoms with Crippen LogP contribution in [0.25, 0.3) is 22.6 Å². The van der Waals surface area contributed by atoms with Crippen LogP contribution in [-0.4, -0.2) is 68.3 Å². The molecule has 2 aliphatic heterocycles. The summed E-state index contributed by atoms with van der Waals surface area (Å²) in [6.07, 6.45) is 4.83. The third kappa shape index (κ3) is 4.61. The Morgan fingerprint density at radius 2 is 2.00 bits per heavy atom. The van der Waals surface area contributed by atoms with Crippen molar-refractivity contribution in [2.45, 2.75) is 50.4 Å². The van der Waals surface area contributed by atoms with Gasteiger partial charge in [0.05, 0.1) is 11.6 Å². The van der Waals surface area contributed by atoms with Crippen molar-refractivity contribution in [1.82, 2.24) is 29.7 Å². The largest absolute Gasteiger partial charge is 0.492 e. The molecule has 2 bridgehead atoms. The van der Waals surface area contributed by atoms with E-state index < -0.39 is 0 Å². The van der Waals surface area contributed by atoms with Gasteiger partial charge in [-0.25, -0.2) is 9.97 Å². The summed E-state index contributed by atoms with van der Waals surface area (Å²) in [7, 11) is 0. The van der Waals surface area contributed by atoms with E-state index in [2.05, 4.69) is 43.8 Å². The Hall–Kier alpha value is -3.20. The summed E-state index contributed by atoms with van der Waals surface area (Å²) in [4.78, 5) is 16.6. The highest BCUT2D eigenvalue weighted by Gasteiger charge is 2.41. The van der Waals surface area contributed by atoms with Crippen molar-refractivity contribution in [1.29, 1.82) is 0 Å². The van der Waals surface area contributed by atoms with Crippen LogP contribution >= 0.6 is 11.6 Å². The van der Waals surface area contributed by atoms with E-state index in [1.165, 1.54) is 6.42 Å². The molecule has 2 atom stereocenters. The number of benzene rings is 2. The lowest BCUT2D eigenvalue weighted by Crippen LogP contribution is -2.45. The van der Waals surface area contributed by atoms with E-state index in [9.17, 15) is 0 Å². The number of likely N-dealkylation sites (tertiary alicyclic amines) is 1. The van der Waals surface area contributed by atoms with Gasteiger partial charge in [0.25, 0.3) is 0 Å². The summed E-state index contributed by atoms with van der Waals surface area (Å²) >= 11 is 6.86. The number of imidazole rings is 1. The van der Waals surface area contributed by atoms with Crippen LogP contribution in [-0.2, 0) is 6.54 Å². The highest BCUT2D eigenvalue weighted by Crippen LogP contribution is 2.41. The second-order valence-electron chi connectivity index (χ2n) is 10.9. The maximum atomic E-state index is 6.86. The zero-order chi connectivity index (χ0) is 25.7. The molecule has 0 radical (unpaired) electrons. The lowest BCUT2D eigenvalue weighted by Gasteiger charge is -2.27. The Labute approximate surface area is 227 Å². The minimum atomic E-state index is -0.174. The van der Waals surface area contributed by atoms with Crippen LogP contribution in [0.4, 0.5) is 0 Å². The highest BCUT2D eigenvalue weighted by atomic mass is 35.5. The first-order chi connectivity index (χ1) is 18.5. The normalized spacial score (nSPS) is 21.7. The van der Waals surface area contributed by atoms with Gasteiger partial charge in [0.2, 0.25) is 5.88 Å². The molecule has 1 saturated carbocycles. The molecule has 0 spiro atoms. The summed E-state index contributed by atoms with van der Waals surface area (Å²) in [6, 6.07) is 17.4. The molecule has 8 nitrogen and oxygen atoms in total. The van der Waals surface area contributed by atoms with Crippen LogP contribution in [0.2, 0.25) is 5.02 Å². The second-order valence-corrected chi connectivity index (χ2v) is 11.3. The number of hydrogen-bond donors (Lipinski definition) is 1. The van der Waals surface area contributed by atoms with Crippen molar-refractivity contribution in [3.8, 4) is 23.0 Å². The molecule has 196 valence electrons. The average molecular weight is 531 g/mol. The molecule has 0 unspecified atom stereocenters. The van der Waals surface area contributed by atoms with Gasteiger partial charge in [-0.15, -0.1) is 0 Å². The lowest BCUT2D eigenvalue weighted by atomic mass is 10.2. The standard InChI is InChI=1S/C29H31ClN6O2/c1-29(9-10-29)38-28-25-27(32-18-33-28)36(16-19-5-3-2-4-6-19)26(34-25)23-8-7-22(14-24(23)30)37-12-11-35-17-20-13-21(35)15-31-20/h2-8,14,18,20-21,31H,9-13,15-17H2,1H3/t20-,21-/m1/s1. The molecule has 3 fully saturated rings. The second kappa shape index (κ2) is 9.52. The predicted molar refractivity (Wildman–Crippen MR) is 147 cm³/mol. The molecule has 2 aromatic heterocycles. The van der Waals surface area contributed by atoms with Crippen molar-refractivity contribution in [3.63, 3.8) is 0 Å². The van der Waals surface area contributed by atoms with E-state index in [0.29, 0.717) is 41.7 Å². The van der Waals surface area contributed by atoms with Gasteiger partial charge in [-0.3, -0.25) is 4.90 Å². The van der Waals surface area contributed by atoms with E-state index in [0.717, 1.165) is 60.8 Å². The molecule has 1 N–H and O–H groups in total. The maximum Gasteiger partial charge on any atom is 0.245 e. The summed E-state index contributed by atoms with van der Waals surface area (Å²) in [5, 5.41) is 4.13. The minimum Gasteiger partial charge on any atom is -0.492 e. The Bertz CT molecular complexity index is 1470. The van der Waals surface area contributed by atoms with Crippen molar-refractivity contribution < 1.29 is 9.47 Å². The summed E-state index contributed by atoms with van der Waals surface area (Å²) in [6.45, 7) is 6.46. The fourth-order valence-electron chi connectivity index (χ4n) is 5.59. The molecular formula is C29H31ClN6O2. The first-order valence-electron chi connectivity index (χ1n) is 13.4. The summed E-state index contributed by atoms with van der Waals surface area (Å²) < 4.78 is 14.4. The zero-order valence-electron chi connectivity index (χ0n) is 21.4. The monoisotopic (exact) mass is 530 g/mol. The number of halogens is 1. The number of hydrogen-bond acceptors (Lipinski definition) is 7. The third-order valence-corrected chi connectivity index (χ3v) is 8.29. The van der Waals surface area contributed by atoms with E-state index in [1.54, 1.807) is 6.33 Å². The number of nitrogens with one attached hydrogen (secondary N) is 1. The first kappa shape index (κ1) is 23.9. The predicted octanol–water partition coefficient (Wildman–Crippen LogP) is 4.55. The Morgan fingerprint density at radius 1 is 1.13 bits per heavy atom. The van der Waals surface area contributed by atoms with Crippen molar-refractivity contribution >= 4 is 22.8 Å². The molecule has 9 heteroatoms. The van der Waals surface area contributed by atoms with Crippen LogP contribution in [0.5, 0.6) is 11.6 Å². The first-order valence-corrected chi connectivity index (χ1v) is 13.8. The molecule has 7 rings (SSSR count). The van der Waals surface area contributed by atoms with Crippen molar-refractivity contribution in [2.75, 3.05) is 26.2 Å². The van der Waals surface area contributed by atoms with Gasteiger partial charge in [-0.05, 0) is 49.9 Å². The fourth-order valence-corrected chi connectivity index (χ4v) is 5.85. The smallest absolute Gasteiger partial charge is 0.245 e. The molecule has 2 aromatic carbocycles. The van der Waals surface area contributed by atoms with Crippen molar-refractivity contribution in [3.05, 3.63) is 65.4 Å². The number of aromatic nitrogens is 4. The molecule has 4 aromatic rings. The van der Waals surface area contributed by atoms with Gasteiger partial charge in [0.1, 0.15) is 30.1 Å². The zero-order valence-corrected chi connectivity index (χ0v) is 22.2. The van der Waals surface area contributed by atoms with E-state index in [1.807, 2.05) is 36.4 Å². The number of ether oxygens (including phenoxy) is 2. The third-order valence-electron chi connectivity index (χ3n) is 7.98. The molecular weight excluding hydrogens is 500 g/mol. The van der Waals surface area contributed by atoms with E-state index in [4.69, 9.17) is 26.1 Å². The minimum absolute atomic E-state index is 0.174. The summed E-state index contributed by atoms with van der Waals surface area (Å²) in [5.41, 5.74) is 3.16. The van der Waals surface area contributed by atoms with Gasteiger partial charge in [0.15, 0.2) is 11.2 Å². The lowest BCUT2D eigenvalue weighted by molar-refractivity contribution is 0.180. The van der Waals surface area contributed by atoms with Gasteiger partial charge >= 0.3 is 0 Å². The quantitative estimate of drug-likeness (QED) is 0.340. The summed E-state index contributed by atoms with van der Waals surface area (Å²) in [5.74, 6) is 2.01. The molecule has 4 heterocycles. The Morgan fingerprint density at radius 3 is 2.74 bits per heavy atom. The molecule has 3 aliphatic rings. The number of fused-ring (bicyclic) bond motifs is 3. The molecule has 1 aliphatic carbocycles. The van der Waals surface area contributed by atoms with Gasteiger partial charge < -0.3 is 19.4 Å². The Balaban J connectivity index is 1.18. The van der Waals surface area contributed by atoms with Crippen LogP contribution in [0.15, 0.2) is 54.9 Å². The molecule has 38 heavy (non-hydrogen) atoms. The van der Waals surface area contributed by atoms with E-state index >= 15 is 0 Å². The topological polar surface area (TPSA) is 77.3 Å².